The Bertz CT molecular complexity index is 563. The van der Waals surface area contributed by atoms with Gasteiger partial charge in [-0.3, -0.25) is 0 Å². The van der Waals surface area contributed by atoms with Crippen LogP contribution in [-0.2, 0) is 0 Å². The maximum atomic E-state index is 4.56. The third-order valence-electron chi connectivity index (χ3n) is 3.34. The van der Waals surface area contributed by atoms with Crippen LogP contribution >= 0.6 is 11.8 Å². The summed E-state index contributed by atoms with van der Waals surface area (Å²) in [5.74, 6) is 2.77. The number of nitrogens with zero attached hydrogens (tertiary/aromatic N) is 3. The second kappa shape index (κ2) is 6.30. The lowest BCUT2D eigenvalue weighted by molar-refractivity contribution is 0.803. The van der Waals surface area contributed by atoms with Crippen LogP contribution in [0.4, 0.5) is 11.8 Å². The number of aromatic amines is 1. The largest absolute Gasteiger partial charge is 0.367 e. The summed E-state index contributed by atoms with van der Waals surface area (Å²) in [7, 11) is 0. The minimum atomic E-state index is 0.646. The zero-order valence-electron chi connectivity index (χ0n) is 11.6. The lowest BCUT2D eigenvalue weighted by atomic mass is 10.2. The Morgan fingerprint density at radius 3 is 3.15 bits per heavy atom. The third kappa shape index (κ3) is 2.98. The smallest absolute Gasteiger partial charge is 0.226 e. The van der Waals surface area contributed by atoms with Gasteiger partial charge in [0.2, 0.25) is 5.95 Å². The molecule has 108 valence electrons. The molecule has 0 bridgehead atoms. The van der Waals surface area contributed by atoms with Crippen LogP contribution in [0.15, 0.2) is 6.33 Å². The summed E-state index contributed by atoms with van der Waals surface area (Å²) in [6.07, 6.45) is 5.32. The van der Waals surface area contributed by atoms with Gasteiger partial charge in [-0.15, -0.1) is 0 Å². The van der Waals surface area contributed by atoms with E-state index in [9.17, 15) is 0 Å². The first kappa shape index (κ1) is 13.5. The number of fused-ring (bicyclic) bond motifs is 1. The van der Waals surface area contributed by atoms with Crippen molar-refractivity contribution in [1.82, 2.24) is 19.9 Å². The molecule has 2 aromatic rings. The molecular weight excluding hydrogens is 272 g/mol. The van der Waals surface area contributed by atoms with Gasteiger partial charge in [0, 0.05) is 18.3 Å². The summed E-state index contributed by atoms with van der Waals surface area (Å²) in [5.41, 5.74) is 1.59. The predicted molar refractivity (Wildman–Crippen MR) is 84.4 cm³/mol. The fourth-order valence-electron chi connectivity index (χ4n) is 2.29. The number of anilines is 2. The first-order chi connectivity index (χ1) is 9.86. The molecule has 1 fully saturated rings. The summed E-state index contributed by atoms with van der Waals surface area (Å²) < 4.78 is 0. The summed E-state index contributed by atoms with van der Waals surface area (Å²) in [6.45, 7) is 3.94. The van der Waals surface area contributed by atoms with Crippen LogP contribution in [0, 0.1) is 0 Å². The van der Waals surface area contributed by atoms with E-state index in [1.54, 1.807) is 6.33 Å². The van der Waals surface area contributed by atoms with E-state index in [1.165, 1.54) is 18.6 Å². The SMILES string of the molecule is CCCNc1nc(NCC2CCCS2)c2[nH]cnc2n1. The normalized spacial score (nSPS) is 18.6. The van der Waals surface area contributed by atoms with Gasteiger partial charge in [0.15, 0.2) is 11.5 Å². The summed E-state index contributed by atoms with van der Waals surface area (Å²) in [4.78, 5) is 16.3. The molecule has 0 amide bonds. The van der Waals surface area contributed by atoms with Crippen molar-refractivity contribution in [2.75, 3.05) is 29.5 Å². The highest BCUT2D eigenvalue weighted by atomic mass is 32.2. The molecule has 3 heterocycles. The topological polar surface area (TPSA) is 78.5 Å². The second-order valence-electron chi connectivity index (χ2n) is 4.94. The van der Waals surface area contributed by atoms with Crippen molar-refractivity contribution < 1.29 is 0 Å². The molecule has 0 aliphatic carbocycles. The molecule has 0 spiro atoms. The first-order valence-electron chi connectivity index (χ1n) is 7.17. The second-order valence-corrected chi connectivity index (χ2v) is 6.35. The number of aromatic nitrogens is 4. The predicted octanol–water partition coefficient (Wildman–Crippen LogP) is 2.48. The van der Waals surface area contributed by atoms with Gasteiger partial charge < -0.3 is 15.6 Å². The van der Waals surface area contributed by atoms with Gasteiger partial charge in [0.1, 0.15) is 5.52 Å². The highest BCUT2D eigenvalue weighted by Gasteiger charge is 2.16. The Hall–Kier alpha value is -1.50. The average molecular weight is 292 g/mol. The number of hydrogen-bond acceptors (Lipinski definition) is 6. The van der Waals surface area contributed by atoms with Gasteiger partial charge in [-0.1, -0.05) is 6.92 Å². The van der Waals surface area contributed by atoms with Gasteiger partial charge in [0.05, 0.1) is 6.33 Å². The van der Waals surface area contributed by atoms with Crippen LogP contribution in [0.5, 0.6) is 0 Å². The Labute approximate surface area is 122 Å². The minimum absolute atomic E-state index is 0.646. The lowest BCUT2D eigenvalue weighted by Gasteiger charge is -2.12. The molecule has 20 heavy (non-hydrogen) atoms. The standard InChI is InChI=1S/C13H20N6S/c1-2-5-14-13-18-11(10-12(19-13)17-8-16-10)15-7-9-4-3-6-20-9/h8-9H,2-7H2,1H3,(H3,14,15,16,17,18,19). The van der Waals surface area contributed by atoms with Crippen LogP contribution in [-0.4, -0.2) is 44.0 Å². The number of hydrogen-bond donors (Lipinski definition) is 3. The van der Waals surface area contributed by atoms with Crippen molar-refractivity contribution in [3.8, 4) is 0 Å². The molecular formula is C13H20N6S. The number of H-pyrrole nitrogens is 1. The van der Waals surface area contributed by atoms with Crippen LogP contribution in [0.25, 0.3) is 11.2 Å². The fraction of sp³-hybridized carbons (Fsp3) is 0.615. The molecule has 3 rings (SSSR count). The average Bonchev–Trinajstić information content (AvgIpc) is 3.13. The first-order valence-corrected chi connectivity index (χ1v) is 8.22. The molecule has 1 atom stereocenters. The van der Waals surface area contributed by atoms with E-state index < -0.39 is 0 Å². The molecule has 7 heteroatoms. The summed E-state index contributed by atoms with van der Waals surface area (Å²) >= 11 is 2.04. The van der Waals surface area contributed by atoms with Gasteiger partial charge in [-0.25, -0.2) is 4.98 Å². The Morgan fingerprint density at radius 2 is 2.35 bits per heavy atom. The zero-order valence-corrected chi connectivity index (χ0v) is 12.5. The van der Waals surface area contributed by atoms with E-state index in [0.29, 0.717) is 16.8 Å². The number of rotatable bonds is 6. The zero-order chi connectivity index (χ0) is 13.8. The molecule has 2 aromatic heterocycles. The van der Waals surface area contributed by atoms with Crippen LogP contribution in [0.2, 0.25) is 0 Å². The number of nitrogens with one attached hydrogen (secondary N) is 3. The van der Waals surface area contributed by atoms with Crippen molar-refractivity contribution in [3.05, 3.63) is 6.33 Å². The van der Waals surface area contributed by atoms with Crippen molar-refractivity contribution >= 4 is 34.7 Å². The van der Waals surface area contributed by atoms with E-state index in [1.807, 2.05) is 11.8 Å². The Morgan fingerprint density at radius 1 is 1.40 bits per heavy atom. The Balaban J connectivity index is 1.77. The lowest BCUT2D eigenvalue weighted by Crippen LogP contribution is -2.15. The van der Waals surface area contributed by atoms with Gasteiger partial charge in [0.25, 0.3) is 0 Å². The van der Waals surface area contributed by atoms with Crippen molar-refractivity contribution in [2.45, 2.75) is 31.4 Å². The fourth-order valence-corrected chi connectivity index (χ4v) is 3.49. The van der Waals surface area contributed by atoms with Crippen molar-refractivity contribution in [1.29, 1.82) is 0 Å². The minimum Gasteiger partial charge on any atom is -0.367 e. The third-order valence-corrected chi connectivity index (χ3v) is 4.74. The molecule has 6 nitrogen and oxygen atoms in total. The summed E-state index contributed by atoms with van der Waals surface area (Å²) in [6, 6.07) is 0. The molecule has 1 saturated heterocycles. The van der Waals surface area contributed by atoms with Crippen molar-refractivity contribution in [3.63, 3.8) is 0 Å². The van der Waals surface area contributed by atoms with Crippen molar-refractivity contribution in [2.24, 2.45) is 0 Å². The Kier molecular flexibility index (Phi) is 4.25. The van der Waals surface area contributed by atoms with E-state index in [2.05, 4.69) is 37.5 Å². The number of imidazole rings is 1. The molecule has 0 radical (unpaired) electrons. The van der Waals surface area contributed by atoms with E-state index in [4.69, 9.17) is 0 Å². The monoisotopic (exact) mass is 292 g/mol. The van der Waals surface area contributed by atoms with Crippen LogP contribution < -0.4 is 10.6 Å². The molecule has 3 N–H and O–H groups in total. The maximum absolute atomic E-state index is 4.56. The van der Waals surface area contributed by atoms with Crippen LogP contribution in [0.3, 0.4) is 0 Å². The van der Waals surface area contributed by atoms with Crippen LogP contribution in [0.1, 0.15) is 26.2 Å². The molecule has 1 aliphatic rings. The molecule has 1 aliphatic heterocycles. The summed E-state index contributed by atoms with van der Waals surface area (Å²) in [5, 5.41) is 7.36. The molecule has 0 saturated carbocycles. The molecule has 0 aromatic carbocycles. The van der Waals surface area contributed by atoms with E-state index >= 15 is 0 Å². The molecule has 1 unspecified atom stereocenters. The van der Waals surface area contributed by atoms with Gasteiger partial charge >= 0.3 is 0 Å². The highest BCUT2D eigenvalue weighted by Crippen LogP contribution is 2.27. The number of thioether (sulfide) groups is 1. The highest BCUT2D eigenvalue weighted by molar-refractivity contribution is 8.00. The maximum Gasteiger partial charge on any atom is 0.226 e. The van der Waals surface area contributed by atoms with E-state index in [-0.39, 0.29) is 0 Å². The van der Waals surface area contributed by atoms with E-state index in [0.717, 1.165) is 30.8 Å². The quantitative estimate of drug-likeness (QED) is 0.759. The van der Waals surface area contributed by atoms with Gasteiger partial charge in [-0.2, -0.15) is 21.7 Å². The van der Waals surface area contributed by atoms with Gasteiger partial charge in [-0.05, 0) is 25.0 Å².